The van der Waals surface area contributed by atoms with Gasteiger partial charge in [-0.25, -0.2) is 13.1 Å². The highest BCUT2D eigenvalue weighted by Crippen LogP contribution is 2.21. The Bertz CT molecular complexity index is 605. The fraction of sp³-hybridized carbons (Fsp3) is 0.500. The fourth-order valence-corrected chi connectivity index (χ4v) is 2.59. The van der Waals surface area contributed by atoms with E-state index in [0.29, 0.717) is 24.1 Å². The molecule has 0 spiro atoms. The summed E-state index contributed by atoms with van der Waals surface area (Å²) in [5.74, 6) is 0.616. The molecule has 1 aromatic rings. The third kappa shape index (κ3) is 7.11. The van der Waals surface area contributed by atoms with Gasteiger partial charge < -0.3 is 10.6 Å². The molecule has 1 unspecified atom stereocenters. The van der Waals surface area contributed by atoms with Gasteiger partial charge in [-0.1, -0.05) is 29.8 Å². The van der Waals surface area contributed by atoms with Gasteiger partial charge in [0.1, 0.15) is 0 Å². The molecular formula is C14H23ClN4O2S. The predicted octanol–water partition coefficient (Wildman–Crippen LogP) is 1.51. The van der Waals surface area contributed by atoms with Gasteiger partial charge in [0.05, 0.1) is 18.8 Å². The van der Waals surface area contributed by atoms with E-state index >= 15 is 0 Å². The Kier molecular flexibility index (Phi) is 7.64. The molecule has 0 heterocycles. The number of rotatable bonds is 7. The normalized spacial score (nSPS) is 13.7. The van der Waals surface area contributed by atoms with Crippen LogP contribution in [-0.2, 0) is 10.0 Å². The lowest BCUT2D eigenvalue weighted by Crippen LogP contribution is -2.39. The second-order valence-electron chi connectivity index (χ2n) is 4.81. The molecule has 124 valence electrons. The summed E-state index contributed by atoms with van der Waals surface area (Å²) in [6, 6.07) is 7.59. The van der Waals surface area contributed by atoms with E-state index in [-0.39, 0.29) is 12.6 Å². The van der Waals surface area contributed by atoms with Crippen LogP contribution in [0.3, 0.4) is 0 Å². The lowest BCUT2D eigenvalue weighted by molar-refractivity contribution is 0.588. The number of aliphatic imine (C=N–C) groups is 1. The number of benzene rings is 1. The van der Waals surface area contributed by atoms with Crippen molar-refractivity contribution >= 4 is 27.6 Å². The van der Waals surface area contributed by atoms with Crippen LogP contribution in [-0.4, -0.2) is 40.3 Å². The van der Waals surface area contributed by atoms with Crippen molar-refractivity contribution in [1.82, 2.24) is 15.4 Å². The van der Waals surface area contributed by atoms with Crippen LogP contribution in [0.4, 0.5) is 0 Å². The van der Waals surface area contributed by atoms with Crippen LogP contribution in [0.1, 0.15) is 25.5 Å². The first-order valence-corrected chi connectivity index (χ1v) is 9.34. The summed E-state index contributed by atoms with van der Waals surface area (Å²) < 4.78 is 24.4. The van der Waals surface area contributed by atoms with Crippen LogP contribution in [0.5, 0.6) is 0 Å². The molecule has 0 aromatic heterocycles. The summed E-state index contributed by atoms with van der Waals surface area (Å²) in [5.41, 5.74) is 0.976. The lowest BCUT2D eigenvalue weighted by atomic mass is 10.1. The highest BCUT2D eigenvalue weighted by atomic mass is 35.5. The maximum absolute atomic E-state index is 11.0. The quantitative estimate of drug-likeness (QED) is 0.397. The molecule has 0 bridgehead atoms. The van der Waals surface area contributed by atoms with Crippen LogP contribution in [0.15, 0.2) is 29.3 Å². The highest BCUT2D eigenvalue weighted by Gasteiger charge is 2.10. The molecule has 0 radical (unpaired) electrons. The molecular weight excluding hydrogens is 324 g/mol. The van der Waals surface area contributed by atoms with Crippen molar-refractivity contribution in [3.63, 3.8) is 0 Å². The average molecular weight is 347 g/mol. The van der Waals surface area contributed by atoms with Gasteiger partial charge in [-0.2, -0.15) is 0 Å². The Morgan fingerprint density at radius 1 is 1.36 bits per heavy atom. The molecule has 3 N–H and O–H groups in total. The van der Waals surface area contributed by atoms with Crippen molar-refractivity contribution in [2.75, 3.05) is 25.9 Å². The lowest BCUT2D eigenvalue weighted by Gasteiger charge is -2.19. The predicted molar refractivity (Wildman–Crippen MR) is 91.8 cm³/mol. The minimum absolute atomic E-state index is 0.0191. The minimum atomic E-state index is -3.18. The summed E-state index contributed by atoms with van der Waals surface area (Å²) in [6.07, 6.45) is 1.12. The van der Waals surface area contributed by atoms with E-state index in [1.54, 1.807) is 0 Å². The molecule has 1 aromatic carbocycles. The zero-order valence-corrected chi connectivity index (χ0v) is 14.6. The number of nitrogens with one attached hydrogen (secondary N) is 3. The minimum Gasteiger partial charge on any atom is -0.357 e. The van der Waals surface area contributed by atoms with Gasteiger partial charge >= 0.3 is 0 Å². The summed E-state index contributed by atoms with van der Waals surface area (Å²) in [7, 11) is -3.18. The number of hydrogen-bond donors (Lipinski definition) is 3. The molecule has 0 aliphatic heterocycles. The second-order valence-corrected chi connectivity index (χ2v) is 7.05. The molecule has 0 saturated carbocycles. The van der Waals surface area contributed by atoms with Gasteiger partial charge in [0.15, 0.2) is 5.96 Å². The molecule has 1 atom stereocenters. The van der Waals surface area contributed by atoms with Gasteiger partial charge in [-0.3, -0.25) is 4.99 Å². The molecule has 0 aliphatic rings. The summed E-state index contributed by atoms with van der Waals surface area (Å²) in [4.78, 5) is 4.34. The number of guanidine groups is 1. The third-order valence-electron chi connectivity index (χ3n) is 2.82. The van der Waals surface area contributed by atoms with Gasteiger partial charge in [-0.15, -0.1) is 0 Å². The fourth-order valence-electron chi connectivity index (χ4n) is 1.83. The van der Waals surface area contributed by atoms with Crippen molar-refractivity contribution in [3.8, 4) is 0 Å². The maximum Gasteiger partial charge on any atom is 0.208 e. The molecule has 0 saturated heterocycles. The first kappa shape index (κ1) is 18.7. The standard InChI is InChI=1S/C14H23ClN4O2S/c1-4-16-14(17-9-10-18-22(3,20)21)19-11(2)12-7-5-6-8-13(12)15/h5-8,11,18H,4,9-10H2,1-3H3,(H2,16,17,19). The largest absolute Gasteiger partial charge is 0.357 e. The van der Waals surface area contributed by atoms with Crippen LogP contribution >= 0.6 is 11.6 Å². The van der Waals surface area contributed by atoms with E-state index in [2.05, 4.69) is 20.3 Å². The van der Waals surface area contributed by atoms with E-state index < -0.39 is 10.0 Å². The van der Waals surface area contributed by atoms with Crippen molar-refractivity contribution in [1.29, 1.82) is 0 Å². The number of sulfonamides is 1. The summed E-state index contributed by atoms with van der Waals surface area (Å²) >= 11 is 6.18. The van der Waals surface area contributed by atoms with Crippen molar-refractivity contribution < 1.29 is 8.42 Å². The number of hydrogen-bond acceptors (Lipinski definition) is 3. The Hall–Kier alpha value is -1.31. The van der Waals surface area contributed by atoms with Gasteiger partial charge in [-0.05, 0) is 25.5 Å². The van der Waals surface area contributed by atoms with Crippen molar-refractivity contribution in [3.05, 3.63) is 34.9 Å². The molecule has 22 heavy (non-hydrogen) atoms. The molecule has 8 heteroatoms. The van der Waals surface area contributed by atoms with Gasteiger partial charge in [0.25, 0.3) is 0 Å². The molecule has 1 rings (SSSR count). The van der Waals surface area contributed by atoms with E-state index in [0.717, 1.165) is 11.8 Å². The third-order valence-corrected chi connectivity index (χ3v) is 3.89. The first-order valence-electron chi connectivity index (χ1n) is 7.07. The summed E-state index contributed by atoms with van der Waals surface area (Å²) in [6.45, 7) is 5.27. The van der Waals surface area contributed by atoms with Crippen LogP contribution in [0, 0.1) is 0 Å². The highest BCUT2D eigenvalue weighted by molar-refractivity contribution is 7.88. The second kappa shape index (κ2) is 8.97. The zero-order valence-electron chi connectivity index (χ0n) is 13.1. The van der Waals surface area contributed by atoms with Crippen molar-refractivity contribution in [2.45, 2.75) is 19.9 Å². The van der Waals surface area contributed by atoms with Crippen LogP contribution in [0.25, 0.3) is 0 Å². The van der Waals surface area contributed by atoms with E-state index in [1.807, 2.05) is 38.1 Å². The maximum atomic E-state index is 11.0. The van der Waals surface area contributed by atoms with E-state index in [4.69, 9.17) is 11.6 Å². The van der Waals surface area contributed by atoms with E-state index in [1.165, 1.54) is 0 Å². The first-order chi connectivity index (χ1) is 10.3. The average Bonchev–Trinajstić information content (AvgIpc) is 2.43. The number of halogens is 1. The Balaban J connectivity index is 2.65. The van der Waals surface area contributed by atoms with Gasteiger partial charge in [0.2, 0.25) is 10.0 Å². The monoisotopic (exact) mass is 346 g/mol. The van der Waals surface area contributed by atoms with Gasteiger partial charge in [0, 0.05) is 18.1 Å². The summed E-state index contributed by atoms with van der Waals surface area (Å²) in [5, 5.41) is 7.06. The van der Waals surface area contributed by atoms with Crippen LogP contribution in [0.2, 0.25) is 5.02 Å². The Morgan fingerprint density at radius 3 is 2.64 bits per heavy atom. The SMILES string of the molecule is CCNC(=NCCNS(C)(=O)=O)NC(C)c1ccccc1Cl. The zero-order chi connectivity index (χ0) is 16.6. The van der Waals surface area contributed by atoms with E-state index in [9.17, 15) is 8.42 Å². The number of nitrogens with zero attached hydrogens (tertiary/aromatic N) is 1. The van der Waals surface area contributed by atoms with Crippen molar-refractivity contribution in [2.24, 2.45) is 4.99 Å². The molecule has 0 aliphatic carbocycles. The smallest absolute Gasteiger partial charge is 0.208 e. The Morgan fingerprint density at radius 2 is 2.05 bits per heavy atom. The topological polar surface area (TPSA) is 82.6 Å². The molecule has 6 nitrogen and oxygen atoms in total. The molecule has 0 amide bonds. The molecule has 0 fully saturated rings. The van der Waals surface area contributed by atoms with Crippen LogP contribution < -0.4 is 15.4 Å². The Labute approximate surface area is 137 Å².